The number of carbonyl (C=O) groups excluding carboxylic acids is 3. The zero-order chi connectivity index (χ0) is 87.2. The van der Waals surface area contributed by atoms with E-state index in [0.29, 0.717) is 0 Å². The fraction of sp³-hybridized carbons (Fsp3) is 0.955. The molecule has 52 nitrogen and oxygen atoms in total. The van der Waals surface area contributed by atoms with Gasteiger partial charge in [-0.05, 0) is 13.8 Å². The van der Waals surface area contributed by atoms with Gasteiger partial charge in [0.2, 0.25) is 17.7 Å². The maximum absolute atomic E-state index is 13.7. The third-order valence-corrected chi connectivity index (χ3v) is 21.7. The van der Waals surface area contributed by atoms with Crippen molar-refractivity contribution in [1.29, 1.82) is 0 Å². The van der Waals surface area contributed by atoms with E-state index in [9.17, 15) is 157 Å². The van der Waals surface area contributed by atoms with Crippen LogP contribution in [0.2, 0.25) is 0 Å². The number of carbonyl (C=O) groups is 3. The standard InChI is InChI=1S/C66H113N3O49/c1-15-32(84)40(92)43(95)61(101-15)114-53-30(68-18(4)80)59(117-56-37(89)23(9-73)104-64(46(56)98)110-49(21(83)7-71)34(86)20(82)6-70)108-28(14-78)52(53)113-66-48(100)57(38(90)25(11-75)106-66)118-60-31(69-19(5)81)54(115-62-44(96)41(93)33(85)16(2)102-62)51(27(13-77)109-60)112-65-47(99)55(36(88)24(10-74)105-65)116-58-29(67-17(3)79)39(91)50(26(12-76)107-58)111-63-45(97)42(94)35(87)22(8-72)103-63/h15-16,20-66,70-78,82-100H,6-14H2,1-5H3,(H,67,79)(H,68,80)(H,69,81)/t15-,16-,20-,21+,22+,23+,24+,25+,26+,27+,28+,29+,30+,31+,32+,33+,34+,35-,36-,37-,38-,39+,40+,41+,42-,43-,44-,45+,46+,47+,48+,49+,50+,51+,52+,53+,54+,55-,56-,57-,58-,59-,60-,61-,62-,63-,64-,65-,66-/m0/s1. The Kier molecular flexibility index (Phi) is 36.0. The van der Waals surface area contributed by atoms with Crippen molar-refractivity contribution in [2.24, 2.45) is 0 Å². The van der Waals surface area contributed by atoms with Gasteiger partial charge in [0.05, 0.1) is 71.7 Å². The van der Waals surface area contributed by atoms with Crippen LogP contribution < -0.4 is 16.0 Å². The minimum absolute atomic E-state index is 0.896. The summed E-state index contributed by atoms with van der Waals surface area (Å²) in [6.07, 6.45) is -96.6. The molecule has 0 aromatic heterocycles. The Morgan fingerprint density at radius 3 is 0.881 bits per heavy atom. The highest BCUT2D eigenvalue weighted by atomic mass is 16.8. The van der Waals surface area contributed by atoms with Crippen LogP contribution in [0.3, 0.4) is 0 Å². The lowest BCUT2D eigenvalue weighted by Gasteiger charge is -2.53. The van der Waals surface area contributed by atoms with Crippen LogP contribution in [-0.4, -0.2) is 521 Å². The van der Waals surface area contributed by atoms with Crippen LogP contribution in [0, 0.1) is 0 Å². The predicted octanol–water partition coefficient (Wildman–Crippen LogP) is -20.7. The summed E-state index contributed by atoms with van der Waals surface area (Å²) in [5.41, 5.74) is 0. The van der Waals surface area contributed by atoms with Gasteiger partial charge in [0.25, 0.3) is 0 Å². The number of hydrogen-bond donors (Lipinski definition) is 31. The van der Waals surface area contributed by atoms with Crippen molar-refractivity contribution in [3.8, 4) is 0 Å². The van der Waals surface area contributed by atoms with E-state index >= 15 is 0 Å². The van der Waals surface area contributed by atoms with E-state index in [0.717, 1.165) is 20.8 Å². The van der Waals surface area contributed by atoms with E-state index in [1.54, 1.807) is 0 Å². The highest BCUT2D eigenvalue weighted by Crippen LogP contribution is 2.42. The van der Waals surface area contributed by atoms with E-state index < -0.39 is 378 Å². The summed E-state index contributed by atoms with van der Waals surface area (Å²) in [5, 5.41) is 316. The van der Waals surface area contributed by atoms with Crippen molar-refractivity contribution in [3.63, 3.8) is 0 Å². The SMILES string of the molecule is CC(=O)N[C@H]1[C@H](O[C@H]2[C@@H](O)[C@@H](CO)O[C@@H](O[C@H]3[C@H](O[C@@H]4O[C@@H](C)[C@@H](O)[C@@H](O)[C@@H]4O)[C@@H](NC(C)=O)[C@H](O[C@H]4[C@@H](O)[C@@H](CO)O[C@@H](O[C@H]5[C@H](O[C@@H]6O[C@@H](C)[C@@H](O)[C@@H](O)[C@@H]6O)[C@@H](NC(C)=O)[C@H](O[C@H]6[C@@H](O)[C@@H](CO)O[C@@H](O[C@@H]([C@H](O)[C@@H](O)CO)[C@H](O)CO)[C@@H]6O)O[C@@H]5CO)[C@@H]4O)O[C@@H]3CO)[C@@H]2O)O[C@H](CO)[C@@H](O[C@@H]2O[C@H](CO)[C@H](O)[C@H](O)[C@H]2O)[C@@H]1O. The zero-order valence-corrected chi connectivity index (χ0v) is 63.7. The summed E-state index contributed by atoms with van der Waals surface area (Å²) in [6, 6.07) is -6.05. The Hall–Kier alpha value is -3.43. The van der Waals surface area contributed by atoms with E-state index in [1.807, 2.05) is 0 Å². The minimum atomic E-state index is -2.55. The maximum atomic E-state index is 13.7. The molecule has 9 aliphatic heterocycles. The van der Waals surface area contributed by atoms with Crippen LogP contribution in [0.25, 0.3) is 0 Å². The van der Waals surface area contributed by atoms with Gasteiger partial charge in [-0.15, -0.1) is 0 Å². The molecule has 9 heterocycles. The topological polar surface area (TPSA) is 820 Å². The molecule has 49 atom stereocenters. The summed E-state index contributed by atoms with van der Waals surface area (Å²) in [7, 11) is 0. The fourth-order valence-electron chi connectivity index (χ4n) is 15.1. The monoisotopic (exact) mass is 1730 g/mol. The van der Waals surface area contributed by atoms with Crippen LogP contribution in [0.15, 0.2) is 0 Å². The van der Waals surface area contributed by atoms with E-state index in [-0.39, 0.29) is 0 Å². The first kappa shape index (κ1) is 98.4. The van der Waals surface area contributed by atoms with Gasteiger partial charge in [-0.2, -0.15) is 0 Å². The van der Waals surface area contributed by atoms with Crippen LogP contribution in [-0.2, 0) is 99.6 Å². The van der Waals surface area contributed by atoms with Crippen LogP contribution in [0.1, 0.15) is 34.6 Å². The molecule has 3 amide bonds. The highest BCUT2D eigenvalue weighted by Gasteiger charge is 2.62. The summed E-state index contributed by atoms with van der Waals surface area (Å²) >= 11 is 0. The van der Waals surface area contributed by atoms with Crippen molar-refractivity contribution < 1.29 is 243 Å². The molecular weight excluding hydrogens is 1620 g/mol. The van der Waals surface area contributed by atoms with Gasteiger partial charge in [-0.3, -0.25) is 14.4 Å². The Balaban J connectivity index is 1.05. The van der Waals surface area contributed by atoms with Gasteiger partial charge in [0.1, 0.15) is 232 Å². The van der Waals surface area contributed by atoms with Crippen LogP contribution >= 0.6 is 0 Å². The average Bonchev–Trinajstić information content (AvgIpc) is 0.757. The highest BCUT2D eigenvalue weighted by molar-refractivity contribution is 5.74. The van der Waals surface area contributed by atoms with Crippen molar-refractivity contribution in [2.75, 3.05) is 59.5 Å². The van der Waals surface area contributed by atoms with Gasteiger partial charge in [0, 0.05) is 20.8 Å². The number of amides is 3. The van der Waals surface area contributed by atoms with Gasteiger partial charge in [-0.25, -0.2) is 0 Å². The molecular formula is C66H113N3O49. The molecule has 0 aromatic carbocycles. The summed E-state index contributed by atoms with van der Waals surface area (Å²) < 4.78 is 108. The molecule has 686 valence electrons. The van der Waals surface area contributed by atoms with Crippen molar-refractivity contribution in [1.82, 2.24) is 16.0 Å². The zero-order valence-electron chi connectivity index (χ0n) is 63.7. The predicted molar refractivity (Wildman–Crippen MR) is 364 cm³/mol. The largest absolute Gasteiger partial charge is 0.394 e. The van der Waals surface area contributed by atoms with Crippen LogP contribution in [0.5, 0.6) is 0 Å². The summed E-state index contributed by atoms with van der Waals surface area (Å²) in [5.74, 6) is -3.00. The Labute approximate surface area is 669 Å². The van der Waals surface area contributed by atoms with Crippen LogP contribution in [0.4, 0.5) is 0 Å². The molecule has 0 aromatic rings. The summed E-state index contributed by atoms with van der Waals surface area (Å²) in [6.45, 7) is -5.35. The molecule has 0 aliphatic carbocycles. The van der Waals surface area contributed by atoms with Gasteiger partial charge >= 0.3 is 0 Å². The maximum Gasteiger partial charge on any atom is 0.217 e. The van der Waals surface area contributed by atoms with Crippen molar-refractivity contribution >= 4 is 17.7 Å². The smallest absolute Gasteiger partial charge is 0.217 e. The molecule has 0 radical (unpaired) electrons. The first-order valence-corrected chi connectivity index (χ1v) is 37.8. The Morgan fingerprint density at radius 1 is 0.271 bits per heavy atom. The second kappa shape index (κ2) is 43.2. The van der Waals surface area contributed by atoms with Gasteiger partial charge in [0.15, 0.2) is 56.6 Å². The third kappa shape index (κ3) is 21.6. The lowest BCUT2D eigenvalue weighted by Crippen LogP contribution is -2.72. The average molecular weight is 1730 g/mol. The van der Waals surface area contributed by atoms with E-state index in [2.05, 4.69) is 16.0 Å². The van der Waals surface area contributed by atoms with Gasteiger partial charge < -0.3 is 244 Å². The third-order valence-electron chi connectivity index (χ3n) is 21.7. The number of ether oxygens (including phenoxy) is 18. The molecule has 52 heteroatoms. The van der Waals surface area contributed by atoms with E-state index in [4.69, 9.17) is 85.3 Å². The van der Waals surface area contributed by atoms with Crippen molar-refractivity contribution in [2.45, 2.75) is 335 Å². The normalized spacial score (nSPS) is 48.2. The number of nitrogens with one attached hydrogen (secondary N) is 3. The molecule has 0 unspecified atom stereocenters. The summed E-state index contributed by atoms with van der Waals surface area (Å²) in [4.78, 5) is 40.0. The Bertz CT molecular complexity index is 3090. The first-order valence-electron chi connectivity index (χ1n) is 37.8. The molecule has 0 bridgehead atoms. The molecule has 0 saturated carbocycles. The molecule has 9 aliphatic rings. The minimum Gasteiger partial charge on any atom is -0.394 e. The van der Waals surface area contributed by atoms with Crippen molar-refractivity contribution in [3.05, 3.63) is 0 Å². The van der Waals surface area contributed by atoms with Gasteiger partial charge in [-0.1, -0.05) is 0 Å². The van der Waals surface area contributed by atoms with E-state index in [1.165, 1.54) is 13.8 Å². The lowest BCUT2D eigenvalue weighted by atomic mass is 9.93. The number of aliphatic hydroxyl groups excluding tert-OH is 28. The molecule has 0 spiro atoms. The molecule has 9 fully saturated rings. The number of rotatable bonds is 33. The second-order valence-corrected chi connectivity index (χ2v) is 29.9. The quantitative estimate of drug-likeness (QED) is 0.0290. The molecule has 9 saturated heterocycles. The second-order valence-electron chi connectivity index (χ2n) is 29.9. The molecule has 118 heavy (non-hydrogen) atoms. The number of hydrogen-bond acceptors (Lipinski definition) is 49. The fourth-order valence-corrected chi connectivity index (χ4v) is 15.1. The Morgan fingerprint density at radius 2 is 0.534 bits per heavy atom. The molecule has 31 N–H and O–H groups in total. The first-order chi connectivity index (χ1) is 55.8. The molecule has 9 rings (SSSR count). The number of aliphatic hydroxyl groups is 28. The lowest BCUT2D eigenvalue weighted by molar-refractivity contribution is -0.401.